The molecule has 0 saturated carbocycles. The highest BCUT2D eigenvalue weighted by atomic mass is 16.2. The Kier molecular flexibility index (Phi) is 4.58. The molecule has 0 unspecified atom stereocenters. The van der Waals surface area contributed by atoms with Crippen molar-refractivity contribution in [3.63, 3.8) is 0 Å². The third-order valence-corrected chi connectivity index (χ3v) is 5.88. The molecule has 0 aliphatic carbocycles. The lowest BCUT2D eigenvalue weighted by Gasteiger charge is -2.38. The van der Waals surface area contributed by atoms with Gasteiger partial charge >= 0.3 is 0 Å². The number of amides is 1. The van der Waals surface area contributed by atoms with Crippen LogP contribution in [-0.4, -0.2) is 35.3 Å². The summed E-state index contributed by atoms with van der Waals surface area (Å²) in [5.74, 6) is 0.385. The van der Waals surface area contributed by atoms with Crippen molar-refractivity contribution in [2.75, 3.05) is 19.6 Å². The lowest BCUT2D eigenvalue weighted by atomic mass is 9.77. The molecule has 3 heteroatoms. The number of piperidine rings is 1. The van der Waals surface area contributed by atoms with Crippen molar-refractivity contribution in [2.45, 2.75) is 32.4 Å². The van der Waals surface area contributed by atoms with Crippen LogP contribution < -0.4 is 0 Å². The first-order valence-corrected chi connectivity index (χ1v) is 9.35. The van der Waals surface area contributed by atoms with Gasteiger partial charge in [-0.1, -0.05) is 60.7 Å². The van der Waals surface area contributed by atoms with Crippen LogP contribution in [0.2, 0.25) is 0 Å². The van der Waals surface area contributed by atoms with E-state index in [0.717, 1.165) is 52.0 Å². The van der Waals surface area contributed by atoms with E-state index in [1.165, 1.54) is 11.1 Å². The molecule has 0 bridgehead atoms. The molecule has 130 valence electrons. The number of rotatable bonds is 4. The van der Waals surface area contributed by atoms with E-state index in [0.29, 0.717) is 5.91 Å². The smallest absolute Gasteiger partial charge is 0.229 e. The van der Waals surface area contributed by atoms with Crippen LogP contribution in [0, 0.1) is 5.41 Å². The Hall–Kier alpha value is -2.13. The summed E-state index contributed by atoms with van der Waals surface area (Å²) < 4.78 is 0. The van der Waals surface area contributed by atoms with Crippen LogP contribution in [0.5, 0.6) is 0 Å². The third-order valence-electron chi connectivity index (χ3n) is 5.88. The molecular weight excluding hydrogens is 308 g/mol. The molecule has 1 spiro atoms. The first-order valence-electron chi connectivity index (χ1n) is 9.35. The number of benzene rings is 2. The highest BCUT2D eigenvalue weighted by molar-refractivity contribution is 5.85. The molecule has 0 N–H and O–H groups in total. The average molecular weight is 334 g/mol. The molecular formula is C22H26N2O. The van der Waals surface area contributed by atoms with Gasteiger partial charge in [-0.05, 0) is 43.5 Å². The van der Waals surface area contributed by atoms with Crippen molar-refractivity contribution >= 4 is 5.91 Å². The number of nitrogens with zero attached hydrogens (tertiary/aromatic N) is 2. The van der Waals surface area contributed by atoms with Gasteiger partial charge in [-0.3, -0.25) is 9.69 Å². The largest absolute Gasteiger partial charge is 0.338 e. The molecule has 2 aromatic carbocycles. The third kappa shape index (κ3) is 3.47. The zero-order chi connectivity index (χ0) is 17.1. The molecule has 1 amide bonds. The molecule has 2 fully saturated rings. The topological polar surface area (TPSA) is 23.6 Å². The Bertz CT molecular complexity index is 705. The van der Waals surface area contributed by atoms with E-state index >= 15 is 0 Å². The molecule has 2 aromatic rings. The Morgan fingerprint density at radius 3 is 1.84 bits per heavy atom. The molecule has 2 aliphatic rings. The van der Waals surface area contributed by atoms with E-state index in [2.05, 4.69) is 52.3 Å². The van der Waals surface area contributed by atoms with Gasteiger partial charge in [0, 0.05) is 19.6 Å². The van der Waals surface area contributed by atoms with E-state index < -0.39 is 0 Å². The van der Waals surface area contributed by atoms with Crippen LogP contribution in [0.4, 0.5) is 0 Å². The van der Waals surface area contributed by atoms with E-state index in [4.69, 9.17) is 0 Å². The maximum absolute atomic E-state index is 13.1. The molecule has 2 saturated heterocycles. The van der Waals surface area contributed by atoms with Gasteiger partial charge in [0.05, 0.1) is 5.41 Å². The fourth-order valence-corrected chi connectivity index (χ4v) is 4.29. The lowest BCUT2D eigenvalue weighted by Crippen LogP contribution is -2.44. The second kappa shape index (κ2) is 7.01. The van der Waals surface area contributed by atoms with Crippen LogP contribution in [-0.2, 0) is 17.9 Å². The van der Waals surface area contributed by atoms with Gasteiger partial charge in [0.25, 0.3) is 0 Å². The fraction of sp³-hybridized carbons (Fsp3) is 0.409. The van der Waals surface area contributed by atoms with Crippen LogP contribution in [0.15, 0.2) is 60.7 Å². The van der Waals surface area contributed by atoms with E-state index in [1.807, 2.05) is 18.2 Å². The van der Waals surface area contributed by atoms with E-state index in [-0.39, 0.29) is 5.41 Å². The van der Waals surface area contributed by atoms with Crippen molar-refractivity contribution in [1.29, 1.82) is 0 Å². The second-order valence-electron chi connectivity index (χ2n) is 7.50. The molecule has 25 heavy (non-hydrogen) atoms. The second-order valence-corrected chi connectivity index (χ2v) is 7.50. The summed E-state index contributed by atoms with van der Waals surface area (Å²) in [6.45, 7) is 4.72. The maximum Gasteiger partial charge on any atom is 0.229 e. The van der Waals surface area contributed by atoms with E-state index in [9.17, 15) is 4.79 Å². The van der Waals surface area contributed by atoms with Gasteiger partial charge in [-0.15, -0.1) is 0 Å². The first-order chi connectivity index (χ1) is 12.3. The summed E-state index contributed by atoms with van der Waals surface area (Å²) in [5.41, 5.74) is 2.50. The summed E-state index contributed by atoms with van der Waals surface area (Å²) in [4.78, 5) is 17.6. The summed E-state index contributed by atoms with van der Waals surface area (Å²) in [5, 5.41) is 0. The molecule has 4 rings (SSSR count). The van der Waals surface area contributed by atoms with Gasteiger partial charge in [-0.25, -0.2) is 0 Å². The quantitative estimate of drug-likeness (QED) is 0.851. The number of carbonyl (C=O) groups excluding carboxylic acids is 1. The Labute approximate surface area is 150 Å². The van der Waals surface area contributed by atoms with Crippen molar-refractivity contribution in [1.82, 2.24) is 9.80 Å². The summed E-state index contributed by atoms with van der Waals surface area (Å²) in [7, 11) is 0. The van der Waals surface area contributed by atoms with Gasteiger partial charge < -0.3 is 4.90 Å². The van der Waals surface area contributed by atoms with Crippen molar-refractivity contribution in [2.24, 2.45) is 5.41 Å². The van der Waals surface area contributed by atoms with E-state index in [1.54, 1.807) is 0 Å². The maximum atomic E-state index is 13.1. The minimum Gasteiger partial charge on any atom is -0.338 e. The average Bonchev–Trinajstić information content (AvgIpc) is 2.95. The summed E-state index contributed by atoms with van der Waals surface area (Å²) in [6, 6.07) is 21.0. The van der Waals surface area contributed by atoms with Crippen LogP contribution in [0.25, 0.3) is 0 Å². The minimum absolute atomic E-state index is 0.0953. The normalized spacial score (nSPS) is 20.3. The fourth-order valence-electron chi connectivity index (χ4n) is 4.29. The summed E-state index contributed by atoms with van der Waals surface area (Å²) >= 11 is 0. The van der Waals surface area contributed by atoms with Crippen molar-refractivity contribution in [3.05, 3.63) is 71.8 Å². The van der Waals surface area contributed by atoms with Crippen LogP contribution in [0.3, 0.4) is 0 Å². The molecule has 0 atom stereocenters. The van der Waals surface area contributed by atoms with Gasteiger partial charge in [-0.2, -0.15) is 0 Å². The Morgan fingerprint density at radius 2 is 1.24 bits per heavy atom. The molecule has 0 aromatic heterocycles. The monoisotopic (exact) mass is 334 g/mol. The highest BCUT2D eigenvalue weighted by Crippen LogP contribution is 2.42. The Morgan fingerprint density at radius 1 is 0.720 bits per heavy atom. The number of likely N-dealkylation sites (tertiary alicyclic amines) is 2. The zero-order valence-corrected chi connectivity index (χ0v) is 14.7. The van der Waals surface area contributed by atoms with Crippen molar-refractivity contribution < 1.29 is 4.79 Å². The van der Waals surface area contributed by atoms with Gasteiger partial charge in [0.1, 0.15) is 0 Å². The number of hydrogen-bond acceptors (Lipinski definition) is 2. The standard InChI is InChI=1S/C22H26N2O/c25-21-22(13-16-24(21)18-20-9-5-2-6-10-20)11-14-23(15-12-22)17-19-7-3-1-4-8-19/h1-10H,11-18H2. The van der Waals surface area contributed by atoms with Gasteiger partial charge in [0.15, 0.2) is 0 Å². The predicted molar refractivity (Wildman–Crippen MR) is 99.9 cm³/mol. The van der Waals surface area contributed by atoms with Crippen LogP contribution in [0.1, 0.15) is 30.4 Å². The SMILES string of the molecule is O=C1N(Cc2ccccc2)CCC12CCN(Cc1ccccc1)CC2. The predicted octanol–water partition coefficient (Wildman–Crippen LogP) is 3.70. The number of hydrogen-bond donors (Lipinski definition) is 0. The molecule has 2 heterocycles. The van der Waals surface area contributed by atoms with Gasteiger partial charge in [0.2, 0.25) is 5.91 Å². The molecule has 2 aliphatic heterocycles. The first kappa shape index (κ1) is 16.3. The number of carbonyl (C=O) groups is 1. The molecule has 3 nitrogen and oxygen atoms in total. The lowest BCUT2D eigenvalue weighted by molar-refractivity contribution is -0.138. The highest BCUT2D eigenvalue weighted by Gasteiger charge is 2.47. The van der Waals surface area contributed by atoms with Crippen LogP contribution >= 0.6 is 0 Å². The minimum atomic E-state index is -0.0953. The van der Waals surface area contributed by atoms with Crippen molar-refractivity contribution in [3.8, 4) is 0 Å². The zero-order valence-electron chi connectivity index (χ0n) is 14.7. The molecule has 0 radical (unpaired) electrons. The Balaban J connectivity index is 1.35. The summed E-state index contributed by atoms with van der Waals surface area (Å²) in [6.07, 6.45) is 3.03.